The summed E-state index contributed by atoms with van der Waals surface area (Å²) in [6, 6.07) is 10.5. The van der Waals surface area contributed by atoms with Crippen LogP contribution in [0.4, 0.5) is 5.69 Å². The number of hydrogen-bond acceptors (Lipinski definition) is 6. The second-order valence-corrected chi connectivity index (χ2v) is 11.2. The predicted octanol–water partition coefficient (Wildman–Crippen LogP) is -4.26. The molecule has 0 fully saturated rings. The van der Waals surface area contributed by atoms with Crippen LogP contribution < -0.4 is 78.3 Å². The molecule has 8 nitrogen and oxygen atoms in total. The zero-order valence-corrected chi connectivity index (χ0v) is 25.2. The first-order chi connectivity index (χ1) is 13.9. The summed E-state index contributed by atoms with van der Waals surface area (Å²) in [6.45, 7) is 0.968. The van der Waals surface area contributed by atoms with Crippen LogP contribution in [0.25, 0.3) is 0 Å². The van der Waals surface area contributed by atoms with Gasteiger partial charge >= 0.3 is 59.1 Å². The Hall–Kier alpha value is 0.840. The van der Waals surface area contributed by atoms with Gasteiger partial charge < -0.3 is 19.3 Å². The van der Waals surface area contributed by atoms with Gasteiger partial charge in [0, 0.05) is 41.3 Å². The van der Waals surface area contributed by atoms with Gasteiger partial charge in [0.15, 0.2) is 0 Å². The molecule has 0 aromatic heterocycles. The molecule has 1 aliphatic heterocycles. The first kappa shape index (κ1) is 30.9. The molecule has 0 spiro atoms. The third kappa shape index (κ3) is 8.81. The molecule has 164 valence electrons. The number of nitrogens with zero attached hydrogens (tertiary/aromatic N) is 1. The summed E-state index contributed by atoms with van der Waals surface area (Å²) in [5.74, 6) is 0.0157. The second-order valence-electron chi connectivity index (χ2n) is 7.16. The molecule has 14 heteroatoms. The van der Waals surface area contributed by atoms with Gasteiger partial charge in [-0.2, -0.15) is 13.1 Å². The molecule has 1 atom stereocenters. The Morgan fingerprint density at radius 2 is 1.78 bits per heavy atom. The van der Waals surface area contributed by atoms with Crippen LogP contribution in [0.2, 0.25) is 10.0 Å². The average molecular weight is 538 g/mol. The number of hydrogen-bond donors (Lipinski definition) is 2. The maximum atomic E-state index is 12.0. The molecule has 0 aliphatic carbocycles. The second kappa shape index (κ2) is 12.7. The van der Waals surface area contributed by atoms with E-state index in [0.717, 1.165) is 23.2 Å². The first-order valence-electron chi connectivity index (χ1n) is 8.98. The monoisotopic (exact) mass is 537 g/mol. The van der Waals surface area contributed by atoms with Crippen LogP contribution in [0.15, 0.2) is 36.4 Å². The van der Waals surface area contributed by atoms with Gasteiger partial charge in [-0.3, -0.25) is 4.72 Å². The fraction of sp³-hybridized carbons (Fsp3) is 0.333. The maximum absolute atomic E-state index is 12.0. The molecule has 0 bridgehead atoms. The van der Waals surface area contributed by atoms with Crippen molar-refractivity contribution >= 4 is 46.7 Å². The summed E-state index contributed by atoms with van der Waals surface area (Å²) in [7, 11) is -6.78. The van der Waals surface area contributed by atoms with E-state index in [1.807, 2.05) is 30.0 Å². The van der Waals surface area contributed by atoms with E-state index in [9.17, 15) is 22.8 Å². The number of likely N-dealkylation sites (N-methyl/N-ethyl adjacent to an activating group) is 1. The van der Waals surface area contributed by atoms with Crippen LogP contribution in [-0.2, 0) is 21.3 Å². The van der Waals surface area contributed by atoms with Crippen LogP contribution >= 0.6 is 30.8 Å². The van der Waals surface area contributed by atoms with Crippen LogP contribution in [0.5, 0.6) is 0 Å². The van der Waals surface area contributed by atoms with E-state index in [4.69, 9.17) is 23.2 Å². The Morgan fingerprint density at radius 1 is 1.16 bits per heavy atom. The Morgan fingerprint density at radius 3 is 2.38 bits per heavy atom. The van der Waals surface area contributed by atoms with Gasteiger partial charge in [-0.1, -0.05) is 42.9 Å². The molecule has 1 aliphatic rings. The minimum atomic E-state index is -4.77. The molecule has 2 aromatic rings. The van der Waals surface area contributed by atoms with E-state index >= 15 is 0 Å². The van der Waals surface area contributed by atoms with E-state index in [0.29, 0.717) is 22.3 Å². The fourth-order valence-corrected chi connectivity index (χ4v) is 5.42. The van der Waals surface area contributed by atoms with Crippen LogP contribution in [-0.4, -0.2) is 39.6 Å². The molecule has 0 saturated carbocycles. The third-order valence-electron chi connectivity index (χ3n) is 4.74. The summed E-state index contributed by atoms with van der Waals surface area (Å²) in [5.41, 5.74) is 3.32. The Balaban J connectivity index is 0.00000256. The Bertz CT molecular complexity index is 1090. The van der Waals surface area contributed by atoms with E-state index in [-0.39, 0.29) is 65.0 Å². The van der Waals surface area contributed by atoms with Gasteiger partial charge in [-0.05, 0) is 54.2 Å². The number of nitrogens with one attached hydrogen (secondary N) is 2. The van der Waals surface area contributed by atoms with E-state index in [1.54, 1.807) is 18.2 Å². The molecular formula is C18H20Cl2N3Na2O5PS. The quantitative estimate of drug-likeness (QED) is 0.272. The third-order valence-corrected chi connectivity index (χ3v) is 7.15. The standard InChI is InChI=1S/C18H22Cl2N3O5PS.2Na/c1-23-10-16(15-8-13(19)9-18(20)17(15)11-23)12-2-4-14(5-3-12)22-30(27,28)21-6-7-29(24,25)26;;/h2-5,8-9,16,21-22H,6-7,10-11H2,1H3,(H2,24,25,26);;/q;2*+1/p-2. The average Bonchev–Trinajstić information content (AvgIpc) is 2.61. The van der Waals surface area contributed by atoms with Gasteiger partial charge in [0.25, 0.3) is 10.2 Å². The van der Waals surface area contributed by atoms with Crippen LogP contribution in [0.3, 0.4) is 0 Å². The van der Waals surface area contributed by atoms with Crippen molar-refractivity contribution in [3.8, 4) is 0 Å². The first-order valence-corrected chi connectivity index (χ1v) is 12.9. The van der Waals surface area contributed by atoms with E-state index in [2.05, 4.69) is 9.62 Å². The minimum absolute atomic E-state index is 0. The van der Waals surface area contributed by atoms with E-state index in [1.165, 1.54) is 0 Å². The molecule has 1 heterocycles. The predicted molar refractivity (Wildman–Crippen MR) is 114 cm³/mol. The largest absolute Gasteiger partial charge is 1.00 e. The zero-order chi connectivity index (χ0) is 22.1. The zero-order valence-electron chi connectivity index (χ0n) is 18.0. The minimum Gasteiger partial charge on any atom is -0.811 e. The SMILES string of the molecule is CN1Cc2c(Cl)cc(Cl)cc2C(c2ccc(NS(=O)(=O)NCCP(=O)([O-])[O-])cc2)C1.[Na+].[Na+]. The molecule has 0 amide bonds. The summed E-state index contributed by atoms with van der Waals surface area (Å²) in [6.07, 6.45) is -0.799. The van der Waals surface area contributed by atoms with Crippen molar-refractivity contribution in [3.05, 3.63) is 63.1 Å². The van der Waals surface area contributed by atoms with Crippen molar-refractivity contribution in [1.82, 2.24) is 9.62 Å². The summed E-state index contributed by atoms with van der Waals surface area (Å²) in [4.78, 5) is 23.4. The molecule has 0 saturated heterocycles. The number of fused-ring (bicyclic) bond motifs is 1. The number of rotatable bonds is 7. The maximum Gasteiger partial charge on any atom is 1.00 e. The van der Waals surface area contributed by atoms with Crippen molar-refractivity contribution in [2.45, 2.75) is 12.5 Å². The van der Waals surface area contributed by atoms with E-state index < -0.39 is 30.5 Å². The summed E-state index contributed by atoms with van der Waals surface area (Å²) in [5, 5.41) is 1.18. The molecule has 2 aromatic carbocycles. The summed E-state index contributed by atoms with van der Waals surface area (Å²) < 4.78 is 38.9. The van der Waals surface area contributed by atoms with Gasteiger partial charge in [-0.15, -0.1) is 0 Å². The van der Waals surface area contributed by atoms with Crippen molar-refractivity contribution < 1.29 is 81.9 Å². The molecule has 2 N–H and O–H groups in total. The van der Waals surface area contributed by atoms with Crippen molar-refractivity contribution in [2.75, 3.05) is 31.0 Å². The van der Waals surface area contributed by atoms with Crippen LogP contribution in [0, 0.1) is 0 Å². The molecule has 1 unspecified atom stereocenters. The van der Waals surface area contributed by atoms with Crippen molar-refractivity contribution in [1.29, 1.82) is 0 Å². The number of anilines is 1. The van der Waals surface area contributed by atoms with Gasteiger partial charge in [-0.25, -0.2) is 0 Å². The van der Waals surface area contributed by atoms with Crippen LogP contribution in [0.1, 0.15) is 22.6 Å². The van der Waals surface area contributed by atoms with Gasteiger partial charge in [0.2, 0.25) is 0 Å². The van der Waals surface area contributed by atoms with Gasteiger partial charge in [0.1, 0.15) is 0 Å². The Kier molecular flexibility index (Phi) is 12.2. The fourth-order valence-electron chi connectivity index (χ4n) is 3.42. The number of halogens is 2. The topological polar surface area (TPSA) is 125 Å². The number of benzene rings is 2. The van der Waals surface area contributed by atoms with Crippen molar-refractivity contribution in [3.63, 3.8) is 0 Å². The molecular weight excluding hydrogens is 518 g/mol. The Labute approximate surface area is 242 Å². The molecule has 3 rings (SSSR count). The smallest absolute Gasteiger partial charge is 0.811 e. The van der Waals surface area contributed by atoms with Gasteiger partial charge in [0.05, 0.1) is 0 Å². The normalized spacial score (nSPS) is 16.5. The summed E-state index contributed by atoms with van der Waals surface area (Å²) >= 11 is 12.6. The molecule has 32 heavy (non-hydrogen) atoms. The molecule has 0 radical (unpaired) electrons. The van der Waals surface area contributed by atoms with Crippen molar-refractivity contribution in [2.24, 2.45) is 0 Å².